The zero-order valence-corrected chi connectivity index (χ0v) is 18.8. The Balaban J connectivity index is 0.00000261. The average molecular weight is 488 g/mol. The Labute approximate surface area is 179 Å². The van der Waals surface area contributed by atoms with Crippen LogP contribution in [0.3, 0.4) is 0 Å². The first kappa shape index (κ1) is 22.0. The minimum atomic E-state index is 0. The van der Waals surface area contributed by atoms with Crippen molar-refractivity contribution < 1.29 is 4.79 Å². The van der Waals surface area contributed by atoms with Crippen LogP contribution in [0, 0.1) is 11.8 Å². The molecule has 1 aliphatic carbocycles. The van der Waals surface area contributed by atoms with Gasteiger partial charge in [0.25, 0.3) is 0 Å². The van der Waals surface area contributed by atoms with E-state index in [1.54, 1.807) is 0 Å². The smallest absolute Gasteiger partial charge is 0.223 e. The second-order valence-corrected chi connectivity index (χ2v) is 7.54. The highest BCUT2D eigenvalue weighted by molar-refractivity contribution is 14.0. The van der Waals surface area contributed by atoms with Crippen molar-refractivity contribution >= 4 is 35.8 Å². The lowest BCUT2D eigenvalue weighted by Crippen LogP contribution is -2.49. The van der Waals surface area contributed by atoms with E-state index in [0.29, 0.717) is 12.0 Å². The number of nitrogens with zero attached hydrogens (tertiary/aromatic N) is 4. The molecule has 2 aliphatic rings. The van der Waals surface area contributed by atoms with Crippen LogP contribution >= 0.6 is 24.0 Å². The van der Waals surface area contributed by atoms with Crippen LogP contribution in [0.4, 0.5) is 0 Å². The Kier molecular flexibility index (Phi) is 8.85. The van der Waals surface area contributed by atoms with E-state index in [1.165, 1.54) is 6.42 Å². The second kappa shape index (κ2) is 10.9. The van der Waals surface area contributed by atoms with E-state index in [1.807, 2.05) is 25.8 Å². The largest absolute Gasteiger partial charge is 0.356 e. The molecule has 1 amide bonds. The van der Waals surface area contributed by atoms with Crippen LogP contribution in [0.5, 0.6) is 0 Å². The van der Waals surface area contributed by atoms with Gasteiger partial charge in [-0.15, -0.1) is 24.0 Å². The van der Waals surface area contributed by atoms with Gasteiger partial charge in [-0.05, 0) is 31.6 Å². The highest BCUT2D eigenvalue weighted by Crippen LogP contribution is 2.27. The minimum absolute atomic E-state index is 0. The molecule has 0 bridgehead atoms. The van der Waals surface area contributed by atoms with Gasteiger partial charge in [0.1, 0.15) is 0 Å². The predicted octanol–water partition coefficient (Wildman–Crippen LogP) is 2.27. The van der Waals surface area contributed by atoms with Crippen molar-refractivity contribution in [3.05, 3.63) is 18.7 Å². The van der Waals surface area contributed by atoms with Crippen LogP contribution in [0.1, 0.15) is 45.1 Å². The Hall–Kier alpha value is -1.32. The van der Waals surface area contributed by atoms with Crippen molar-refractivity contribution in [3.63, 3.8) is 0 Å². The van der Waals surface area contributed by atoms with Gasteiger partial charge in [-0.1, -0.05) is 13.3 Å². The summed E-state index contributed by atoms with van der Waals surface area (Å²) in [7, 11) is 1.84. The van der Waals surface area contributed by atoms with Gasteiger partial charge in [0, 0.05) is 51.5 Å². The third-order valence-electron chi connectivity index (χ3n) is 5.75. The summed E-state index contributed by atoms with van der Waals surface area (Å²) in [5.41, 5.74) is 0. The van der Waals surface area contributed by atoms with Crippen molar-refractivity contribution in [1.29, 1.82) is 0 Å². The SMILES string of the molecule is CN=C(NCCCNC(=O)C1CCC1)N1CCC(C)C(n2ccnc2)C1.I. The summed E-state index contributed by atoms with van der Waals surface area (Å²) in [5, 5.41) is 6.50. The molecule has 3 rings (SSSR count). The highest BCUT2D eigenvalue weighted by Gasteiger charge is 2.29. The fourth-order valence-electron chi connectivity index (χ4n) is 3.74. The summed E-state index contributed by atoms with van der Waals surface area (Å²) in [6, 6.07) is 0.423. The van der Waals surface area contributed by atoms with Crippen molar-refractivity contribution in [1.82, 2.24) is 25.1 Å². The number of likely N-dealkylation sites (tertiary alicyclic amines) is 1. The molecule has 1 aromatic rings. The fraction of sp³-hybridized carbons (Fsp3) is 0.737. The molecular weight excluding hydrogens is 455 g/mol. The van der Waals surface area contributed by atoms with Gasteiger partial charge in [0.2, 0.25) is 5.91 Å². The van der Waals surface area contributed by atoms with Gasteiger partial charge in [-0.2, -0.15) is 0 Å². The summed E-state index contributed by atoms with van der Waals surface area (Å²) in [6.07, 6.45) is 11.2. The molecule has 27 heavy (non-hydrogen) atoms. The van der Waals surface area contributed by atoms with Gasteiger partial charge < -0.3 is 20.1 Å². The first-order chi connectivity index (χ1) is 12.7. The van der Waals surface area contributed by atoms with Crippen LogP contribution in [-0.4, -0.2) is 59.5 Å². The number of imidazole rings is 1. The molecule has 2 N–H and O–H groups in total. The standard InChI is InChI=1S/C19H32N6O.HI/c1-15-7-11-24(13-17(15)25-12-10-21-14-25)19(20-2)23-9-4-8-22-18(26)16-5-3-6-16;/h10,12,14-17H,3-9,11,13H2,1-2H3,(H,20,23)(H,22,26);1H. The quantitative estimate of drug-likeness (QED) is 0.279. The molecule has 2 atom stereocenters. The Morgan fingerprint density at radius 2 is 2.04 bits per heavy atom. The molecule has 2 heterocycles. The number of amides is 1. The van der Waals surface area contributed by atoms with Crippen LogP contribution in [0.2, 0.25) is 0 Å². The molecule has 1 aliphatic heterocycles. The zero-order valence-electron chi connectivity index (χ0n) is 16.4. The van der Waals surface area contributed by atoms with E-state index in [2.05, 4.69) is 37.0 Å². The first-order valence-electron chi connectivity index (χ1n) is 9.89. The van der Waals surface area contributed by atoms with E-state index >= 15 is 0 Å². The highest BCUT2D eigenvalue weighted by atomic mass is 127. The summed E-state index contributed by atoms with van der Waals surface area (Å²) >= 11 is 0. The van der Waals surface area contributed by atoms with Crippen molar-refractivity contribution in [3.8, 4) is 0 Å². The third kappa shape index (κ3) is 5.83. The number of halogens is 1. The van der Waals surface area contributed by atoms with Gasteiger partial charge in [0.15, 0.2) is 5.96 Å². The number of carbonyl (C=O) groups excluding carboxylic acids is 1. The Morgan fingerprint density at radius 1 is 1.26 bits per heavy atom. The zero-order chi connectivity index (χ0) is 18.4. The number of hydrogen-bond donors (Lipinski definition) is 2. The second-order valence-electron chi connectivity index (χ2n) is 7.54. The third-order valence-corrected chi connectivity index (χ3v) is 5.75. The van der Waals surface area contributed by atoms with Crippen LogP contribution in [0.15, 0.2) is 23.7 Å². The number of piperidine rings is 1. The molecule has 1 saturated carbocycles. The number of aliphatic imine (C=N–C) groups is 1. The maximum Gasteiger partial charge on any atom is 0.223 e. The molecule has 2 fully saturated rings. The number of hydrogen-bond acceptors (Lipinski definition) is 3. The number of rotatable bonds is 6. The maximum atomic E-state index is 11.8. The Bertz CT molecular complexity index is 601. The fourth-order valence-corrected chi connectivity index (χ4v) is 3.74. The van der Waals surface area contributed by atoms with Crippen molar-refractivity contribution in [2.75, 3.05) is 33.2 Å². The molecule has 152 valence electrons. The summed E-state index contributed by atoms with van der Waals surface area (Å²) < 4.78 is 2.21. The number of carbonyl (C=O) groups is 1. The predicted molar refractivity (Wildman–Crippen MR) is 118 cm³/mol. The minimum Gasteiger partial charge on any atom is -0.356 e. The molecule has 0 spiro atoms. The lowest BCUT2D eigenvalue weighted by molar-refractivity contribution is -0.127. The lowest BCUT2D eigenvalue weighted by Gasteiger charge is -2.39. The average Bonchev–Trinajstić information content (AvgIpc) is 3.11. The van der Waals surface area contributed by atoms with Gasteiger partial charge >= 0.3 is 0 Å². The summed E-state index contributed by atoms with van der Waals surface area (Å²) in [5.74, 6) is 2.08. The monoisotopic (exact) mass is 488 g/mol. The van der Waals surface area contributed by atoms with Gasteiger partial charge in [-0.25, -0.2) is 4.98 Å². The molecule has 0 aromatic carbocycles. The molecule has 7 nitrogen and oxygen atoms in total. The molecular formula is C19H33IN6O. The van der Waals surface area contributed by atoms with E-state index in [0.717, 1.165) is 57.8 Å². The van der Waals surface area contributed by atoms with Gasteiger partial charge in [0.05, 0.1) is 12.4 Å². The normalized spacial score (nSPS) is 23.3. The molecule has 1 saturated heterocycles. The number of guanidine groups is 1. The number of aromatic nitrogens is 2. The summed E-state index contributed by atoms with van der Waals surface area (Å²) in [4.78, 5) is 22.8. The molecule has 2 unspecified atom stereocenters. The van der Waals surface area contributed by atoms with E-state index < -0.39 is 0 Å². The first-order valence-corrected chi connectivity index (χ1v) is 9.89. The molecule has 1 aromatic heterocycles. The van der Waals surface area contributed by atoms with Crippen LogP contribution in [0.25, 0.3) is 0 Å². The van der Waals surface area contributed by atoms with Gasteiger partial charge in [-0.3, -0.25) is 9.79 Å². The van der Waals surface area contributed by atoms with E-state index in [4.69, 9.17) is 0 Å². The molecule has 0 radical (unpaired) electrons. The van der Waals surface area contributed by atoms with E-state index in [-0.39, 0.29) is 35.8 Å². The topological polar surface area (TPSA) is 74.6 Å². The lowest BCUT2D eigenvalue weighted by atomic mass is 9.85. The van der Waals surface area contributed by atoms with E-state index in [9.17, 15) is 4.79 Å². The van der Waals surface area contributed by atoms with Crippen LogP contribution in [-0.2, 0) is 4.79 Å². The van der Waals surface area contributed by atoms with Crippen LogP contribution < -0.4 is 10.6 Å². The molecule has 8 heteroatoms. The maximum absolute atomic E-state index is 11.8. The van der Waals surface area contributed by atoms with Crippen molar-refractivity contribution in [2.45, 2.75) is 45.1 Å². The number of nitrogens with one attached hydrogen (secondary N) is 2. The summed E-state index contributed by atoms with van der Waals surface area (Å²) in [6.45, 7) is 5.82. The van der Waals surface area contributed by atoms with Crippen molar-refractivity contribution in [2.24, 2.45) is 16.8 Å². The Morgan fingerprint density at radius 3 is 2.67 bits per heavy atom.